The number of methoxy groups -OCH3 is 1. The van der Waals surface area contributed by atoms with E-state index < -0.39 is 11.7 Å². The number of imidazole rings is 1. The maximum Gasteiger partial charge on any atom is 0.254 e. The summed E-state index contributed by atoms with van der Waals surface area (Å²) in [6, 6.07) is 4.13. The molecule has 1 aliphatic heterocycles. The fraction of sp³-hybridized carbons (Fsp3) is 0.412. The van der Waals surface area contributed by atoms with Crippen LogP contribution >= 0.6 is 0 Å². The number of benzene rings is 1. The van der Waals surface area contributed by atoms with Crippen molar-refractivity contribution in [2.24, 2.45) is 7.05 Å². The van der Waals surface area contributed by atoms with Gasteiger partial charge in [-0.05, 0) is 25.0 Å². The molecule has 6 nitrogen and oxygen atoms in total. The van der Waals surface area contributed by atoms with E-state index in [1.54, 1.807) is 18.6 Å². The summed E-state index contributed by atoms with van der Waals surface area (Å²) < 4.78 is 26.6. The van der Waals surface area contributed by atoms with Crippen LogP contribution in [0.15, 0.2) is 30.7 Å². The van der Waals surface area contributed by atoms with Crippen molar-refractivity contribution >= 4 is 5.91 Å². The van der Waals surface area contributed by atoms with Crippen molar-refractivity contribution in [3.05, 3.63) is 47.8 Å². The standard InChI is InChI=1S/C17H20FN3O3/c1-21-10-19-9-15(21)16-7-11(5-6-24-16)20-17(22)13-4-3-12(23-2)8-14(13)18/h3-4,8-11,16H,5-7H2,1-2H3,(H,20,22). The number of carbonyl (C=O) groups is 1. The molecule has 1 aromatic carbocycles. The zero-order valence-electron chi connectivity index (χ0n) is 13.7. The van der Waals surface area contributed by atoms with Gasteiger partial charge in [-0.2, -0.15) is 0 Å². The Morgan fingerprint density at radius 2 is 2.33 bits per heavy atom. The third-order valence-electron chi connectivity index (χ3n) is 4.22. The second-order valence-corrected chi connectivity index (χ2v) is 5.83. The number of carbonyl (C=O) groups excluding carboxylic acids is 1. The Morgan fingerprint density at radius 1 is 1.50 bits per heavy atom. The number of aromatic nitrogens is 2. The quantitative estimate of drug-likeness (QED) is 0.932. The van der Waals surface area contributed by atoms with E-state index in [0.717, 1.165) is 5.69 Å². The summed E-state index contributed by atoms with van der Waals surface area (Å²) >= 11 is 0. The molecule has 2 aromatic rings. The average molecular weight is 333 g/mol. The Hall–Kier alpha value is -2.41. The van der Waals surface area contributed by atoms with Crippen LogP contribution in [0.25, 0.3) is 0 Å². The van der Waals surface area contributed by atoms with Gasteiger partial charge in [-0.25, -0.2) is 9.37 Å². The fourth-order valence-electron chi connectivity index (χ4n) is 2.88. The van der Waals surface area contributed by atoms with Gasteiger partial charge in [0.05, 0.1) is 30.9 Å². The number of hydrogen-bond donors (Lipinski definition) is 1. The highest BCUT2D eigenvalue weighted by molar-refractivity contribution is 5.94. The predicted octanol–water partition coefficient (Wildman–Crippen LogP) is 2.22. The smallest absolute Gasteiger partial charge is 0.254 e. The van der Waals surface area contributed by atoms with Crippen LogP contribution in [0, 0.1) is 5.82 Å². The molecule has 1 aliphatic rings. The molecule has 1 aromatic heterocycles. The van der Waals surface area contributed by atoms with E-state index in [4.69, 9.17) is 9.47 Å². The molecule has 2 heterocycles. The Balaban J connectivity index is 1.67. The van der Waals surface area contributed by atoms with Crippen molar-refractivity contribution in [3.63, 3.8) is 0 Å². The molecule has 0 spiro atoms. The zero-order chi connectivity index (χ0) is 17.1. The minimum absolute atomic E-state index is 0.0133. The van der Waals surface area contributed by atoms with Gasteiger partial charge in [-0.1, -0.05) is 0 Å². The minimum Gasteiger partial charge on any atom is -0.497 e. The summed E-state index contributed by atoms with van der Waals surface area (Å²) in [5, 5.41) is 2.90. The van der Waals surface area contributed by atoms with E-state index in [9.17, 15) is 9.18 Å². The van der Waals surface area contributed by atoms with Crippen LogP contribution in [0.1, 0.15) is 35.0 Å². The topological polar surface area (TPSA) is 65.4 Å². The van der Waals surface area contributed by atoms with Crippen molar-refractivity contribution in [2.75, 3.05) is 13.7 Å². The van der Waals surface area contributed by atoms with Crippen LogP contribution in [0.4, 0.5) is 4.39 Å². The van der Waals surface area contributed by atoms with E-state index in [-0.39, 0.29) is 17.7 Å². The molecule has 0 aliphatic carbocycles. The van der Waals surface area contributed by atoms with Crippen LogP contribution in [0.5, 0.6) is 5.75 Å². The molecular weight excluding hydrogens is 313 g/mol. The number of nitrogens with one attached hydrogen (secondary N) is 1. The summed E-state index contributed by atoms with van der Waals surface area (Å²) in [7, 11) is 3.36. The monoisotopic (exact) mass is 333 g/mol. The van der Waals surface area contributed by atoms with E-state index in [1.807, 2.05) is 11.6 Å². The van der Waals surface area contributed by atoms with Gasteiger partial charge < -0.3 is 19.4 Å². The van der Waals surface area contributed by atoms with E-state index >= 15 is 0 Å². The molecular formula is C17H20FN3O3. The van der Waals surface area contributed by atoms with Crippen LogP contribution in [0.2, 0.25) is 0 Å². The SMILES string of the molecule is COc1ccc(C(=O)NC2CCOC(c3cncn3C)C2)c(F)c1. The lowest BCUT2D eigenvalue weighted by atomic mass is 10.0. The molecule has 3 rings (SSSR count). The zero-order valence-corrected chi connectivity index (χ0v) is 13.7. The third-order valence-corrected chi connectivity index (χ3v) is 4.22. The lowest BCUT2D eigenvalue weighted by Crippen LogP contribution is -2.40. The number of hydrogen-bond acceptors (Lipinski definition) is 4. The van der Waals surface area contributed by atoms with Gasteiger partial charge in [0.25, 0.3) is 5.91 Å². The summed E-state index contributed by atoms with van der Waals surface area (Å²) in [5.74, 6) is -0.640. The lowest BCUT2D eigenvalue weighted by molar-refractivity contribution is -0.00303. The van der Waals surface area contributed by atoms with Gasteiger partial charge >= 0.3 is 0 Å². The molecule has 0 saturated carbocycles. The molecule has 24 heavy (non-hydrogen) atoms. The first-order valence-corrected chi connectivity index (χ1v) is 7.80. The maximum absolute atomic E-state index is 14.0. The van der Waals surface area contributed by atoms with Gasteiger partial charge in [-0.3, -0.25) is 4.79 Å². The summed E-state index contributed by atoms with van der Waals surface area (Å²) in [4.78, 5) is 16.4. The van der Waals surface area contributed by atoms with Crippen molar-refractivity contribution in [2.45, 2.75) is 25.0 Å². The molecule has 1 N–H and O–H groups in total. The number of amides is 1. The Bertz CT molecular complexity index is 732. The second-order valence-electron chi connectivity index (χ2n) is 5.83. The van der Waals surface area contributed by atoms with Crippen LogP contribution in [-0.4, -0.2) is 35.2 Å². The number of ether oxygens (including phenoxy) is 2. The second kappa shape index (κ2) is 7.00. The normalized spacial score (nSPS) is 20.6. The van der Waals surface area contributed by atoms with Crippen molar-refractivity contribution in [1.82, 2.24) is 14.9 Å². The van der Waals surface area contributed by atoms with Gasteiger partial charge in [0.1, 0.15) is 17.7 Å². The van der Waals surface area contributed by atoms with Crippen LogP contribution < -0.4 is 10.1 Å². The number of rotatable bonds is 4. The average Bonchev–Trinajstić information content (AvgIpc) is 3.01. The maximum atomic E-state index is 14.0. The molecule has 7 heteroatoms. The molecule has 128 valence electrons. The molecule has 2 unspecified atom stereocenters. The number of halogens is 1. The highest BCUT2D eigenvalue weighted by atomic mass is 19.1. The first-order valence-electron chi connectivity index (χ1n) is 7.80. The first-order chi connectivity index (χ1) is 11.6. The van der Waals surface area contributed by atoms with Gasteiger partial charge in [0.2, 0.25) is 0 Å². The lowest BCUT2D eigenvalue weighted by Gasteiger charge is -2.30. The fourth-order valence-corrected chi connectivity index (χ4v) is 2.88. The molecule has 2 atom stereocenters. The number of nitrogens with zero attached hydrogens (tertiary/aromatic N) is 2. The van der Waals surface area contributed by atoms with E-state index in [2.05, 4.69) is 10.3 Å². The van der Waals surface area contributed by atoms with Crippen LogP contribution in [0.3, 0.4) is 0 Å². The summed E-state index contributed by atoms with van der Waals surface area (Å²) in [6.07, 6.45) is 4.67. The third kappa shape index (κ3) is 3.41. The Labute approximate surface area is 139 Å². The van der Waals surface area contributed by atoms with E-state index in [0.29, 0.717) is 25.2 Å². The summed E-state index contributed by atoms with van der Waals surface area (Å²) in [5.41, 5.74) is 0.976. The summed E-state index contributed by atoms with van der Waals surface area (Å²) in [6.45, 7) is 0.534. The van der Waals surface area contributed by atoms with E-state index in [1.165, 1.54) is 19.2 Å². The molecule has 1 saturated heterocycles. The van der Waals surface area contributed by atoms with Gasteiger partial charge in [0.15, 0.2) is 0 Å². The van der Waals surface area contributed by atoms with Crippen molar-refractivity contribution < 1.29 is 18.7 Å². The minimum atomic E-state index is -0.595. The van der Waals surface area contributed by atoms with Gasteiger partial charge in [0, 0.05) is 25.8 Å². The Morgan fingerprint density at radius 3 is 3.00 bits per heavy atom. The largest absolute Gasteiger partial charge is 0.497 e. The predicted molar refractivity (Wildman–Crippen MR) is 85.3 cm³/mol. The molecule has 0 radical (unpaired) electrons. The molecule has 0 bridgehead atoms. The molecule has 1 fully saturated rings. The highest BCUT2D eigenvalue weighted by Crippen LogP contribution is 2.28. The molecule has 1 amide bonds. The van der Waals surface area contributed by atoms with Crippen LogP contribution in [-0.2, 0) is 11.8 Å². The van der Waals surface area contributed by atoms with Crippen molar-refractivity contribution in [3.8, 4) is 5.75 Å². The Kier molecular flexibility index (Phi) is 4.80. The van der Waals surface area contributed by atoms with Crippen molar-refractivity contribution in [1.29, 1.82) is 0 Å². The number of aryl methyl sites for hydroxylation is 1. The first kappa shape index (κ1) is 16.4. The van der Waals surface area contributed by atoms with Gasteiger partial charge in [-0.15, -0.1) is 0 Å². The highest BCUT2D eigenvalue weighted by Gasteiger charge is 2.27.